The number of aromatic nitrogens is 2. The van der Waals surface area contributed by atoms with Crippen LogP contribution in [-0.4, -0.2) is 40.4 Å². The van der Waals surface area contributed by atoms with E-state index in [4.69, 9.17) is 11.6 Å². The molecular weight excluding hydrogens is 262 g/mol. The van der Waals surface area contributed by atoms with Crippen LogP contribution in [0.4, 0.5) is 0 Å². The highest BCUT2D eigenvalue weighted by Crippen LogP contribution is 2.39. The number of hydrogen-bond acceptors (Lipinski definition) is 3. The monoisotopic (exact) mass is 285 g/mol. The minimum absolute atomic E-state index is 0.572. The van der Waals surface area contributed by atoms with Gasteiger partial charge < -0.3 is 10.0 Å². The Morgan fingerprint density at radius 1 is 1.53 bits per heavy atom. The van der Waals surface area contributed by atoms with Gasteiger partial charge >= 0.3 is 0 Å². The van der Waals surface area contributed by atoms with Crippen molar-refractivity contribution in [2.45, 2.75) is 44.8 Å². The summed E-state index contributed by atoms with van der Waals surface area (Å²) in [6.45, 7) is 3.49. The van der Waals surface area contributed by atoms with E-state index in [1.807, 2.05) is 25.7 Å². The third-order valence-corrected chi connectivity index (χ3v) is 4.25. The van der Waals surface area contributed by atoms with Crippen molar-refractivity contribution in [1.82, 2.24) is 14.7 Å². The smallest absolute Gasteiger partial charge is 0.105 e. The molecule has 0 bridgehead atoms. The molecule has 5 heteroatoms. The number of aliphatic hydroxyl groups is 1. The molecule has 0 aromatic carbocycles. The van der Waals surface area contributed by atoms with E-state index >= 15 is 0 Å². The number of hydrogen-bond donors (Lipinski definition) is 1. The molecule has 0 amide bonds. The second kappa shape index (κ2) is 5.81. The lowest BCUT2D eigenvalue weighted by Crippen LogP contribution is -2.32. The van der Waals surface area contributed by atoms with Gasteiger partial charge in [-0.1, -0.05) is 30.9 Å². The Morgan fingerprint density at radius 2 is 2.21 bits per heavy atom. The predicted molar refractivity (Wildman–Crippen MR) is 77.3 cm³/mol. The average molecular weight is 286 g/mol. The van der Waals surface area contributed by atoms with Crippen LogP contribution in [0.2, 0.25) is 5.02 Å². The first-order valence-corrected chi connectivity index (χ1v) is 7.37. The molecule has 0 radical (unpaired) electrons. The maximum Gasteiger partial charge on any atom is 0.105 e. The van der Waals surface area contributed by atoms with E-state index in [0.717, 1.165) is 25.2 Å². The van der Waals surface area contributed by atoms with E-state index in [0.29, 0.717) is 10.9 Å². The van der Waals surface area contributed by atoms with Crippen LogP contribution in [0.15, 0.2) is 6.20 Å². The minimum atomic E-state index is -0.884. The summed E-state index contributed by atoms with van der Waals surface area (Å²) in [6.07, 6.45) is 6.15. The third-order valence-electron chi connectivity index (χ3n) is 3.97. The number of nitrogens with zero attached hydrogens (tertiary/aromatic N) is 3. The standard InChI is InChI=1S/C14H24ClN3O/c1-14(19,9-11-5-4-6-11)13-12(15)10-16-18(13)8-7-17(2)3/h10-11,19H,4-9H2,1-3H3. The van der Waals surface area contributed by atoms with Gasteiger partial charge in [0.25, 0.3) is 0 Å². The third kappa shape index (κ3) is 3.50. The maximum atomic E-state index is 10.8. The SMILES string of the molecule is CN(C)CCn1ncc(Cl)c1C(C)(O)CC1CCC1. The Morgan fingerprint density at radius 3 is 2.74 bits per heavy atom. The van der Waals surface area contributed by atoms with E-state index in [-0.39, 0.29) is 0 Å². The van der Waals surface area contributed by atoms with Crippen molar-refractivity contribution in [2.24, 2.45) is 5.92 Å². The maximum absolute atomic E-state index is 10.8. The van der Waals surface area contributed by atoms with Crippen molar-refractivity contribution < 1.29 is 5.11 Å². The molecule has 1 aliphatic rings. The van der Waals surface area contributed by atoms with Gasteiger partial charge in [0, 0.05) is 6.54 Å². The zero-order valence-corrected chi connectivity index (χ0v) is 12.8. The first kappa shape index (κ1) is 14.8. The molecule has 0 saturated heterocycles. The molecule has 108 valence electrons. The summed E-state index contributed by atoms with van der Waals surface area (Å²) in [7, 11) is 4.05. The lowest BCUT2D eigenvalue weighted by molar-refractivity contribution is 0.00803. The fourth-order valence-corrected chi connectivity index (χ4v) is 3.06. The highest BCUT2D eigenvalue weighted by Gasteiger charge is 2.34. The van der Waals surface area contributed by atoms with E-state index in [1.54, 1.807) is 6.20 Å². The van der Waals surface area contributed by atoms with Crippen LogP contribution < -0.4 is 0 Å². The molecule has 1 atom stereocenters. The van der Waals surface area contributed by atoms with Crippen molar-refractivity contribution in [2.75, 3.05) is 20.6 Å². The molecule has 1 saturated carbocycles. The van der Waals surface area contributed by atoms with Crippen molar-refractivity contribution in [3.63, 3.8) is 0 Å². The Hall–Kier alpha value is -0.580. The van der Waals surface area contributed by atoms with Crippen molar-refractivity contribution in [1.29, 1.82) is 0 Å². The van der Waals surface area contributed by atoms with Gasteiger partial charge in [-0.15, -0.1) is 0 Å². The summed E-state index contributed by atoms with van der Waals surface area (Å²) in [5.41, 5.74) is -0.117. The highest BCUT2D eigenvalue weighted by molar-refractivity contribution is 6.31. The molecule has 1 aromatic heterocycles. The van der Waals surface area contributed by atoms with Crippen LogP contribution in [0.5, 0.6) is 0 Å². The van der Waals surface area contributed by atoms with Crippen LogP contribution in [0.25, 0.3) is 0 Å². The van der Waals surface area contributed by atoms with Crippen LogP contribution in [0.1, 0.15) is 38.3 Å². The summed E-state index contributed by atoms with van der Waals surface area (Å²) in [6, 6.07) is 0. The Kier molecular flexibility index (Phi) is 4.54. The Balaban J connectivity index is 2.14. The molecular formula is C14H24ClN3O. The van der Waals surface area contributed by atoms with Crippen LogP contribution >= 0.6 is 11.6 Å². The first-order chi connectivity index (χ1) is 8.90. The summed E-state index contributed by atoms with van der Waals surface area (Å²) in [5.74, 6) is 0.628. The molecule has 1 fully saturated rings. The topological polar surface area (TPSA) is 41.3 Å². The van der Waals surface area contributed by atoms with E-state index in [9.17, 15) is 5.11 Å². The molecule has 0 aliphatic heterocycles. The average Bonchev–Trinajstić information content (AvgIpc) is 2.63. The van der Waals surface area contributed by atoms with Crippen molar-refractivity contribution in [3.05, 3.63) is 16.9 Å². The van der Waals surface area contributed by atoms with Gasteiger partial charge in [0.1, 0.15) is 5.60 Å². The molecule has 1 aliphatic carbocycles. The minimum Gasteiger partial charge on any atom is -0.384 e. The molecule has 1 heterocycles. The lowest BCUT2D eigenvalue weighted by atomic mass is 9.77. The van der Waals surface area contributed by atoms with Gasteiger partial charge in [-0.05, 0) is 33.4 Å². The Labute approximate surface area is 120 Å². The fourth-order valence-electron chi connectivity index (χ4n) is 2.72. The van der Waals surface area contributed by atoms with E-state index < -0.39 is 5.60 Å². The van der Waals surface area contributed by atoms with Gasteiger partial charge in [-0.3, -0.25) is 4.68 Å². The summed E-state index contributed by atoms with van der Waals surface area (Å²) >= 11 is 6.23. The number of likely N-dealkylation sites (N-methyl/N-ethyl adjacent to an activating group) is 1. The van der Waals surface area contributed by atoms with Crippen molar-refractivity contribution in [3.8, 4) is 0 Å². The van der Waals surface area contributed by atoms with Crippen LogP contribution in [-0.2, 0) is 12.1 Å². The second-order valence-electron chi connectivity index (χ2n) is 6.14. The molecule has 4 nitrogen and oxygen atoms in total. The number of halogens is 1. The number of rotatable bonds is 6. The van der Waals surface area contributed by atoms with Gasteiger partial charge in [-0.25, -0.2) is 0 Å². The second-order valence-corrected chi connectivity index (χ2v) is 6.55. The van der Waals surface area contributed by atoms with Crippen molar-refractivity contribution >= 4 is 11.6 Å². The lowest BCUT2D eigenvalue weighted by Gasteiger charge is -2.34. The Bertz CT molecular complexity index is 424. The predicted octanol–water partition coefficient (Wildman–Crippen LogP) is 2.50. The molecule has 0 spiro atoms. The van der Waals surface area contributed by atoms with E-state index in [2.05, 4.69) is 10.00 Å². The molecule has 2 rings (SSSR count). The van der Waals surface area contributed by atoms with Gasteiger partial charge in [0.15, 0.2) is 0 Å². The zero-order chi connectivity index (χ0) is 14.0. The molecule has 1 aromatic rings. The fraction of sp³-hybridized carbons (Fsp3) is 0.786. The van der Waals surface area contributed by atoms with Gasteiger partial charge in [-0.2, -0.15) is 5.10 Å². The molecule has 1 N–H and O–H groups in total. The molecule has 1 unspecified atom stereocenters. The van der Waals surface area contributed by atoms with Crippen LogP contribution in [0, 0.1) is 5.92 Å². The summed E-state index contributed by atoms with van der Waals surface area (Å²) in [5, 5.41) is 15.7. The van der Waals surface area contributed by atoms with Gasteiger partial charge in [0.05, 0.1) is 23.5 Å². The summed E-state index contributed by atoms with van der Waals surface area (Å²) in [4.78, 5) is 2.10. The zero-order valence-electron chi connectivity index (χ0n) is 12.1. The van der Waals surface area contributed by atoms with E-state index in [1.165, 1.54) is 19.3 Å². The highest BCUT2D eigenvalue weighted by atomic mass is 35.5. The largest absolute Gasteiger partial charge is 0.384 e. The van der Waals surface area contributed by atoms with Crippen LogP contribution in [0.3, 0.4) is 0 Å². The first-order valence-electron chi connectivity index (χ1n) is 6.99. The normalized spacial score (nSPS) is 19.5. The summed E-state index contributed by atoms with van der Waals surface area (Å²) < 4.78 is 1.85. The molecule has 19 heavy (non-hydrogen) atoms. The van der Waals surface area contributed by atoms with Gasteiger partial charge in [0.2, 0.25) is 0 Å². The quantitative estimate of drug-likeness (QED) is 0.873.